The number of likely N-dealkylation sites (tertiary alicyclic amines) is 1. The summed E-state index contributed by atoms with van der Waals surface area (Å²) < 4.78 is 43.2. The molecule has 0 bridgehead atoms. The highest BCUT2D eigenvalue weighted by Gasteiger charge is 2.48. The minimum absolute atomic E-state index is 0.0579. The molecule has 16 heteroatoms. The van der Waals surface area contributed by atoms with Crippen molar-refractivity contribution >= 4 is 72.2 Å². The van der Waals surface area contributed by atoms with Crippen LogP contribution in [0.3, 0.4) is 0 Å². The highest BCUT2D eigenvalue weighted by atomic mass is 31.2. The second-order valence-corrected chi connectivity index (χ2v) is 26.8. The third kappa shape index (κ3) is 11.4. The molecule has 4 aliphatic rings. The summed E-state index contributed by atoms with van der Waals surface area (Å²) in [7, 11) is -4.03. The number of benzene rings is 8. The lowest BCUT2D eigenvalue weighted by molar-refractivity contribution is -0.138. The molecule has 8 atom stereocenters. The van der Waals surface area contributed by atoms with Crippen LogP contribution in [-0.2, 0) is 37.9 Å². The number of para-hydroxylation sites is 2. The first-order valence-electron chi connectivity index (χ1n) is 28.2. The molecule has 0 radical (unpaired) electrons. The molecule has 8 aromatic carbocycles. The van der Waals surface area contributed by atoms with Gasteiger partial charge in [0.2, 0.25) is 35.4 Å². The monoisotopic (exact) mass is 1170 g/mol. The number of hydrogen-bond acceptors (Lipinski definition) is 10. The van der Waals surface area contributed by atoms with Crippen LogP contribution in [0.5, 0.6) is 11.5 Å². The maximum Gasteiger partial charge on any atom is 0.289 e. The molecular formula is C69H66N4O10P2. The van der Waals surface area contributed by atoms with Gasteiger partial charge < -0.3 is 19.7 Å². The Morgan fingerprint density at radius 1 is 0.459 bits per heavy atom. The number of hydrogen-bond donors (Lipinski definition) is 2. The first kappa shape index (κ1) is 59.2. The number of imide groups is 2. The van der Waals surface area contributed by atoms with Crippen molar-refractivity contribution in [2.75, 3.05) is 24.3 Å². The van der Waals surface area contributed by atoms with E-state index in [4.69, 9.17) is 9.05 Å². The van der Waals surface area contributed by atoms with Crippen LogP contribution in [0, 0.1) is 37.5 Å². The molecule has 12 rings (SSSR count). The summed E-state index contributed by atoms with van der Waals surface area (Å²) in [4.78, 5) is 73.8. The predicted molar refractivity (Wildman–Crippen MR) is 333 cm³/mol. The highest BCUT2D eigenvalue weighted by molar-refractivity contribution is 7.68. The molecule has 4 heterocycles. The van der Waals surface area contributed by atoms with Gasteiger partial charge in [-0.05, 0) is 95.8 Å². The van der Waals surface area contributed by atoms with Crippen LogP contribution in [0.25, 0.3) is 22.3 Å². The summed E-state index contributed by atoms with van der Waals surface area (Å²) in [6.45, 7) is 11.2. The Bertz CT molecular complexity index is 3960. The van der Waals surface area contributed by atoms with E-state index in [2.05, 4.69) is 10.6 Å². The van der Waals surface area contributed by atoms with E-state index in [-0.39, 0.29) is 59.6 Å². The normalized spacial score (nSPS) is 21.4. The van der Waals surface area contributed by atoms with Crippen LogP contribution in [-0.4, -0.2) is 54.4 Å². The third-order valence-corrected chi connectivity index (χ3v) is 22.1. The number of nitrogens with zero attached hydrogens (tertiary/aromatic N) is 2. The van der Waals surface area contributed by atoms with Crippen molar-refractivity contribution in [3.63, 3.8) is 0 Å². The van der Waals surface area contributed by atoms with Gasteiger partial charge in [-0.3, -0.25) is 47.7 Å². The molecule has 0 spiro atoms. The van der Waals surface area contributed by atoms with Crippen LogP contribution >= 0.6 is 14.7 Å². The van der Waals surface area contributed by atoms with E-state index in [1.54, 1.807) is 52.0 Å². The Morgan fingerprint density at radius 3 is 1.18 bits per heavy atom. The quantitative estimate of drug-likeness (QED) is 0.0758. The number of amides is 6. The van der Waals surface area contributed by atoms with Crippen molar-refractivity contribution in [2.24, 2.45) is 23.7 Å². The van der Waals surface area contributed by atoms with Crippen LogP contribution in [0.4, 0.5) is 11.4 Å². The zero-order chi connectivity index (χ0) is 60.5. The van der Waals surface area contributed by atoms with E-state index in [0.717, 1.165) is 55.6 Å². The molecule has 6 amide bonds. The van der Waals surface area contributed by atoms with Gasteiger partial charge in [0.25, 0.3) is 14.7 Å². The lowest BCUT2D eigenvalue weighted by atomic mass is 10.00. The van der Waals surface area contributed by atoms with Crippen molar-refractivity contribution in [2.45, 2.75) is 59.3 Å². The van der Waals surface area contributed by atoms with Crippen LogP contribution in [0.15, 0.2) is 194 Å². The lowest BCUT2D eigenvalue weighted by Gasteiger charge is -2.34. The van der Waals surface area contributed by atoms with Crippen LogP contribution in [0.2, 0.25) is 0 Å². The smallest absolute Gasteiger partial charge is 0.289 e. The van der Waals surface area contributed by atoms with Crippen LogP contribution in [0.1, 0.15) is 78.8 Å². The average molecular weight is 1170 g/mol. The Hall–Kier alpha value is -8.96. The van der Waals surface area contributed by atoms with Gasteiger partial charge in [0.1, 0.15) is 29.2 Å². The standard InChI is InChI=1S/C32H28NO4P.C30H27N2O4P.C7H11NO2/c1-20-12-14-23(15-13-20)30(24-16-18-25(19-17-24)33-31(34)21(2)22(3)32(33)35)38(36)29-11-7-5-9-27(29)26-8-4-6-10-28(26)37-38;1-20-11-13-21(14-12-20)30(22-15-17-23(18-16-22)32-29(34)19-28(33)31-2)37(35)27-10-6-4-8-25(27)24-7-3-5-9-26(24)36-37;1-4-5(2)7(10)8(3)6(4)9/h4-19,21-22,30H,1-3H3;3-18,30H,19H2,1-2H3,(H,31,33)(H,32,34);4-5H,1-3H3. The van der Waals surface area contributed by atoms with Gasteiger partial charge >= 0.3 is 0 Å². The van der Waals surface area contributed by atoms with Crippen LogP contribution < -0.4 is 35.2 Å². The zero-order valence-corrected chi connectivity index (χ0v) is 50.3. The van der Waals surface area contributed by atoms with E-state index in [9.17, 15) is 28.8 Å². The fourth-order valence-corrected chi connectivity index (χ4v) is 17.0. The fourth-order valence-electron chi connectivity index (χ4n) is 11.3. The maximum absolute atomic E-state index is 15.2. The van der Waals surface area contributed by atoms with Crippen molar-refractivity contribution in [3.8, 4) is 33.8 Å². The minimum Gasteiger partial charge on any atom is -0.439 e. The van der Waals surface area contributed by atoms with E-state index >= 15 is 9.13 Å². The number of anilines is 2. The number of aryl methyl sites for hydroxylation is 2. The Morgan fingerprint density at radius 2 is 0.800 bits per heavy atom. The number of carbonyl (C=O) groups excluding carboxylic acids is 6. The van der Waals surface area contributed by atoms with Gasteiger partial charge in [-0.2, -0.15) is 0 Å². The molecule has 8 unspecified atom stereocenters. The molecule has 2 fully saturated rings. The number of rotatable bonds is 10. The van der Waals surface area contributed by atoms with Gasteiger partial charge in [-0.25, -0.2) is 0 Å². The predicted octanol–water partition coefficient (Wildman–Crippen LogP) is 13.0. The van der Waals surface area contributed by atoms with Crippen molar-refractivity contribution in [1.29, 1.82) is 0 Å². The summed E-state index contributed by atoms with van der Waals surface area (Å²) in [5, 5.41) is 6.54. The van der Waals surface area contributed by atoms with E-state index < -0.39 is 32.0 Å². The minimum atomic E-state index is -3.54. The molecule has 432 valence electrons. The summed E-state index contributed by atoms with van der Waals surface area (Å²) >= 11 is 0. The first-order valence-corrected chi connectivity index (χ1v) is 31.6. The first-order chi connectivity index (χ1) is 40.7. The van der Waals surface area contributed by atoms with Gasteiger partial charge in [-0.15, -0.1) is 0 Å². The van der Waals surface area contributed by atoms with Crippen molar-refractivity contribution < 1.29 is 46.9 Å². The molecule has 2 saturated heterocycles. The van der Waals surface area contributed by atoms with Gasteiger partial charge in [-0.1, -0.05) is 184 Å². The number of fused-ring (bicyclic) bond motifs is 6. The van der Waals surface area contributed by atoms with Crippen molar-refractivity contribution in [1.82, 2.24) is 10.2 Å². The second-order valence-electron chi connectivity index (χ2n) is 22.0. The van der Waals surface area contributed by atoms with Gasteiger partial charge in [0, 0.05) is 54.6 Å². The highest BCUT2D eigenvalue weighted by Crippen LogP contribution is 2.67. The molecule has 4 aliphatic heterocycles. The molecular weight excluding hydrogens is 1110 g/mol. The van der Waals surface area contributed by atoms with E-state index in [0.29, 0.717) is 33.5 Å². The van der Waals surface area contributed by atoms with Gasteiger partial charge in [0.15, 0.2) is 0 Å². The lowest BCUT2D eigenvalue weighted by Crippen LogP contribution is -2.30. The van der Waals surface area contributed by atoms with E-state index in [1.807, 2.05) is 184 Å². The summed E-state index contributed by atoms with van der Waals surface area (Å²) in [5.74, 6) is -1.05. The SMILES string of the molecule is CC1C(=O)N(C)C(=O)C1C.CNC(=O)CC(=O)Nc1ccc(C(c2ccc(C)cc2)P2(=O)Oc3ccccc3-c3ccccc32)cc1.Cc1ccc(C(c2ccc(N3C(=O)C(C)C(C)C3=O)cc2)P2(=O)Oc3ccccc3-c3ccccc32)cc1. The topological polar surface area (TPSA) is 186 Å². The maximum atomic E-state index is 15.2. The largest absolute Gasteiger partial charge is 0.439 e. The summed E-state index contributed by atoms with van der Waals surface area (Å²) in [5.41, 5.74) is 9.10. The molecule has 0 saturated carbocycles. The Kier molecular flexibility index (Phi) is 16.9. The average Bonchev–Trinajstić information content (AvgIpc) is 1.89. The molecule has 8 aromatic rings. The summed E-state index contributed by atoms with van der Waals surface area (Å²) in [6, 6.07) is 61.3. The Balaban J connectivity index is 0.000000163. The summed E-state index contributed by atoms with van der Waals surface area (Å²) in [6.07, 6.45) is -0.260. The zero-order valence-electron chi connectivity index (χ0n) is 48.5. The number of carbonyl (C=O) groups is 6. The molecule has 85 heavy (non-hydrogen) atoms. The molecule has 14 nitrogen and oxygen atoms in total. The molecule has 2 N–H and O–H groups in total. The number of nitrogens with one attached hydrogen (secondary N) is 2. The van der Waals surface area contributed by atoms with Gasteiger partial charge in [0.05, 0.1) is 16.3 Å². The fraction of sp³-hybridized carbons (Fsp3) is 0.217. The van der Waals surface area contributed by atoms with E-state index in [1.165, 1.54) is 23.9 Å². The molecule has 0 aromatic heterocycles. The molecule has 0 aliphatic carbocycles. The van der Waals surface area contributed by atoms with Crippen molar-refractivity contribution in [3.05, 3.63) is 228 Å². The Labute approximate surface area is 495 Å². The third-order valence-electron chi connectivity index (χ3n) is 16.5. The second kappa shape index (κ2) is 24.3.